The normalized spacial score (nSPS) is 10.5. The Hall–Kier alpha value is -2.62. The molecule has 1 N–H and O–H groups in total. The van der Waals surface area contributed by atoms with Gasteiger partial charge in [0.05, 0.1) is 11.9 Å². The standard InChI is InChI=1S/C15H13NO3/c17-15(18)11-19-14-9-8-13(16-10-14)7-6-12-4-2-1-3-5-12/h1-10H,11H2,(H,17,18)/b7-6+. The second-order valence-corrected chi connectivity index (χ2v) is 3.85. The summed E-state index contributed by atoms with van der Waals surface area (Å²) in [5.41, 5.74) is 1.88. The fourth-order valence-electron chi connectivity index (χ4n) is 1.47. The summed E-state index contributed by atoms with van der Waals surface area (Å²) in [7, 11) is 0. The molecule has 19 heavy (non-hydrogen) atoms. The largest absolute Gasteiger partial charge is 0.480 e. The van der Waals surface area contributed by atoms with Crippen molar-refractivity contribution in [2.24, 2.45) is 0 Å². The number of carbonyl (C=O) groups is 1. The molecule has 0 amide bonds. The molecule has 0 spiro atoms. The van der Waals surface area contributed by atoms with Crippen molar-refractivity contribution in [2.45, 2.75) is 0 Å². The summed E-state index contributed by atoms with van der Waals surface area (Å²) in [4.78, 5) is 14.5. The predicted molar refractivity (Wildman–Crippen MR) is 72.7 cm³/mol. The molecule has 0 atom stereocenters. The molecule has 1 heterocycles. The Balaban J connectivity index is 1.99. The summed E-state index contributed by atoms with van der Waals surface area (Å²) >= 11 is 0. The topological polar surface area (TPSA) is 59.4 Å². The van der Waals surface area contributed by atoms with Crippen molar-refractivity contribution in [3.05, 3.63) is 59.9 Å². The Morgan fingerprint density at radius 3 is 2.58 bits per heavy atom. The molecular formula is C15H13NO3. The van der Waals surface area contributed by atoms with Crippen molar-refractivity contribution in [3.63, 3.8) is 0 Å². The van der Waals surface area contributed by atoms with Gasteiger partial charge in [0.15, 0.2) is 6.61 Å². The van der Waals surface area contributed by atoms with Crippen molar-refractivity contribution in [3.8, 4) is 5.75 Å². The number of nitrogens with zero attached hydrogens (tertiary/aromatic N) is 1. The maximum Gasteiger partial charge on any atom is 0.341 e. The van der Waals surface area contributed by atoms with Gasteiger partial charge >= 0.3 is 5.97 Å². The first-order valence-electron chi connectivity index (χ1n) is 5.78. The number of pyridine rings is 1. The molecule has 1 aromatic carbocycles. The predicted octanol–water partition coefficient (Wildman–Crippen LogP) is 2.72. The van der Waals surface area contributed by atoms with Crippen LogP contribution in [0.2, 0.25) is 0 Å². The van der Waals surface area contributed by atoms with Crippen LogP contribution in [0.1, 0.15) is 11.3 Å². The van der Waals surface area contributed by atoms with Crippen LogP contribution in [-0.2, 0) is 4.79 Å². The van der Waals surface area contributed by atoms with Gasteiger partial charge in [-0.2, -0.15) is 0 Å². The van der Waals surface area contributed by atoms with E-state index in [1.165, 1.54) is 6.20 Å². The van der Waals surface area contributed by atoms with Crippen LogP contribution in [-0.4, -0.2) is 22.7 Å². The van der Waals surface area contributed by atoms with Crippen molar-refractivity contribution in [1.29, 1.82) is 0 Å². The molecule has 2 aromatic rings. The molecule has 0 aliphatic carbocycles. The van der Waals surface area contributed by atoms with Crippen LogP contribution < -0.4 is 4.74 Å². The van der Waals surface area contributed by atoms with Gasteiger partial charge in [-0.15, -0.1) is 0 Å². The molecular weight excluding hydrogens is 242 g/mol. The number of carboxylic acids is 1. The molecule has 4 nitrogen and oxygen atoms in total. The zero-order valence-corrected chi connectivity index (χ0v) is 10.2. The fourth-order valence-corrected chi connectivity index (χ4v) is 1.47. The molecule has 0 saturated heterocycles. The summed E-state index contributed by atoms with van der Waals surface area (Å²) in [5, 5.41) is 8.48. The Labute approximate surface area is 111 Å². The van der Waals surface area contributed by atoms with E-state index in [1.54, 1.807) is 12.1 Å². The lowest BCUT2D eigenvalue weighted by atomic mass is 10.2. The summed E-state index contributed by atoms with van der Waals surface area (Å²) < 4.78 is 5.00. The second-order valence-electron chi connectivity index (χ2n) is 3.85. The van der Waals surface area contributed by atoms with E-state index < -0.39 is 5.97 Å². The van der Waals surface area contributed by atoms with Gasteiger partial charge in [-0.25, -0.2) is 4.79 Å². The van der Waals surface area contributed by atoms with Gasteiger partial charge in [-0.1, -0.05) is 36.4 Å². The Kier molecular flexibility index (Phi) is 4.29. The van der Waals surface area contributed by atoms with E-state index in [1.807, 2.05) is 42.5 Å². The minimum atomic E-state index is -1.01. The van der Waals surface area contributed by atoms with Crippen LogP contribution in [0.3, 0.4) is 0 Å². The minimum absolute atomic E-state index is 0.360. The average molecular weight is 255 g/mol. The molecule has 0 radical (unpaired) electrons. The second kappa shape index (κ2) is 6.35. The Morgan fingerprint density at radius 2 is 1.95 bits per heavy atom. The number of hydrogen-bond acceptors (Lipinski definition) is 3. The van der Waals surface area contributed by atoms with E-state index in [4.69, 9.17) is 9.84 Å². The van der Waals surface area contributed by atoms with Gasteiger partial charge in [-0.05, 0) is 23.8 Å². The van der Waals surface area contributed by atoms with Crippen molar-refractivity contribution >= 4 is 18.1 Å². The summed E-state index contributed by atoms with van der Waals surface area (Å²) in [6, 6.07) is 13.4. The molecule has 0 bridgehead atoms. The smallest absolute Gasteiger partial charge is 0.341 e. The lowest BCUT2D eigenvalue weighted by Crippen LogP contribution is -2.09. The van der Waals surface area contributed by atoms with E-state index in [9.17, 15) is 4.79 Å². The van der Waals surface area contributed by atoms with E-state index in [0.717, 1.165) is 11.3 Å². The first-order valence-corrected chi connectivity index (χ1v) is 5.78. The van der Waals surface area contributed by atoms with Gasteiger partial charge < -0.3 is 9.84 Å². The van der Waals surface area contributed by atoms with Gasteiger partial charge in [0.1, 0.15) is 5.75 Å². The number of aromatic nitrogens is 1. The zero-order chi connectivity index (χ0) is 13.5. The average Bonchev–Trinajstić information content (AvgIpc) is 2.45. The third-order valence-electron chi connectivity index (χ3n) is 2.37. The van der Waals surface area contributed by atoms with Crippen molar-refractivity contribution in [2.75, 3.05) is 6.61 Å². The summed E-state index contributed by atoms with van der Waals surface area (Å²) in [5.74, 6) is -0.563. The monoisotopic (exact) mass is 255 g/mol. The molecule has 0 saturated carbocycles. The number of benzene rings is 1. The summed E-state index contributed by atoms with van der Waals surface area (Å²) in [6.07, 6.45) is 5.35. The van der Waals surface area contributed by atoms with Crippen LogP contribution in [0, 0.1) is 0 Å². The molecule has 0 unspecified atom stereocenters. The lowest BCUT2D eigenvalue weighted by Gasteiger charge is -2.02. The molecule has 0 fully saturated rings. The highest BCUT2D eigenvalue weighted by Gasteiger charge is 1.99. The molecule has 96 valence electrons. The molecule has 1 aromatic heterocycles. The highest BCUT2D eigenvalue weighted by molar-refractivity contribution is 5.69. The maximum atomic E-state index is 10.3. The van der Waals surface area contributed by atoms with Gasteiger partial charge in [0.2, 0.25) is 0 Å². The number of ether oxygens (including phenoxy) is 1. The first kappa shape index (κ1) is 12.8. The number of rotatable bonds is 5. The van der Waals surface area contributed by atoms with Gasteiger partial charge in [-0.3, -0.25) is 4.98 Å². The highest BCUT2D eigenvalue weighted by Crippen LogP contribution is 2.11. The van der Waals surface area contributed by atoms with Crippen molar-refractivity contribution < 1.29 is 14.6 Å². The minimum Gasteiger partial charge on any atom is -0.480 e. The van der Waals surface area contributed by atoms with Crippen LogP contribution >= 0.6 is 0 Å². The lowest BCUT2D eigenvalue weighted by molar-refractivity contribution is -0.139. The summed E-state index contributed by atoms with van der Waals surface area (Å²) in [6.45, 7) is -0.360. The molecule has 2 rings (SSSR count). The molecule has 0 aliphatic rings. The fraction of sp³-hybridized carbons (Fsp3) is 0.0667. The van der Waals surface area contributed by atoms with E-state index in [-0.39, 0.29) is 6.61 Å². The van der Waals surface area contributed by atoms with Crippen LogP contribution in [0.15, 0.2) is 48.7 Å². The van der Waals surface area contributed by atoms with Crippen LogP contribution in [0.5, 0.6) is 5.75 Å². The Morgan fingerprint density at radius 1 is 1.16 bits per heavy atom. The van der Waals surface area contributed by atoms with Crippen LogP contribution in [0.4, 0.5) is 0 Å². The van der Waals surface area contributed by atoms with Crippen molar-refractivity contribution in [1.82, 2.24) is 4.98 Å². The van der Waals surface area contributed by atoms with E-state index in [0.29, 0.717) is 5.75 Å². The van der Waals surface area contributed by atoms with Crippen LogP contribution in [0.25, 0.3) is 12.2 Å². The quantitative estimate of drug-likeness (QED) is 0.892. The maximum absolute atomic E-state index is 10.3. The first-order chi connectivity index (χ1) is 9.24. The Bertz CT molecular complexity index is 562. The van der Waals surface area contributed by atoms with Gasteiger partial charge in [0.25, 0.3) is 0 Å². The molecule has 4 heteroatoms. The van der Waals surface area contributed by atoms with Gasteiger partial charge in [0, 0.05) is 0 Å². The zero-order valence-electron chi connectivity index (χ0n) is 10.2. The van der Waals surface area contributed by atoms with E-state index in [2.05, 4.69) is 4.98 Å². The SMILES string of the molecule is O=C(O)COc1ccc(/C=C/c2ccccc2)nc1. The van der Waals surface area contributed by atoms with E-state index >= 15 is 0 Å². The third kappa shape index (κ3) is 4.27. The number of hydrogen-bond donors (Lipinski definition) is 1. The highest BCUT2D eigenvalue weighted by atomic mass is 16.5. The number of carboxylic acid groups (broad SMARTS) is 1. The molecule has 0 aliphatic heterocycles. The third-order valence-corrected chi connectivity index (χ3v) is 2.37. The number of aliphatic carboxylic acids is 1.